The van der Waals surface area contributed by atoms with Gasteiger partial charge >= 0.3 is 39.5 Å². The van der Waals surface area contributed by atoms with Crippen LogP contribution < -0.4 is 0 Å². The molecule has 0 aliphatic heterocycles. The molecule has 3 N–H and O–H groups in total. The Morgan fingerprint density at radius 3 is 0.865 bits per heavy atom. The summed E-state index contributed by atoms with van der Waals surface area (Å²) in [6.07, 6.45) is 88.1. The number of hydrogen-bond donors (Lipinski definition) is 3. The van der Waals surface area contributed by atoms with Gasteiger partial charge in [0, 0.05) is 25.7 Å². The van der Waals surface area contributed by atoms with Gasteiger partial charge in [-0.05, 0) is 161 Å². The Balaban J connectivity index is 5.47. The van der Waals surface area contributed by atoms with E-state index >= 15 is 0 Å². The molecule has 0 aliphatic carbocycles. The first kappa shape index (κ1) is 98.7. The summed E-state index contributed by atoms with van der Waals surface area (Å²) in [5, 5.41) is 10.6. The zero-order valence-corrected chi connectivity index (χ0v) is 66.4. The van der Waals surface area contributed by atoms with Crippen molar-refractivity contribution in [3.05, 3.63) is 158 Å². The molecule has 19 heteroatoms. The highest BCUT2D eigenvalue weighted by Gasteiger charge is 2.30. The van der Waals surface area contributed by atoms with Crippen LogP contribution in [0.15, 0.2) is 158 Å². The van der Waals surface area contributed by atoms with Crippen molar-refractivity contribution in [1.82, 2.24) is 0 Å². The topological polar surface area (TPSA) is 237 Å². The number of hydrogen-bond acceptors (Lipinski definition) is 15. The first-order chi connectivity index (χ1) is 50.7. The summed E-state index contributed by atoms with van der Waals surface area (Å²) in [4.78, 5) is 73.0. The largest absolute Gasteiger partial charge is 0.472 e. The molecule has 0 saturated carbocycles. The molecule has 0 radical (unpaired) electrons. The molecule has 17 nitrogen and oxygen atoms in total. The predicted molar refractivity (Wildman–Crippen MR) is 427 cm³/mol. The van der Waals surface area contributed by atoms with Crippen LogP contribution in [0.2, 0.25) is 0 Å². The molecule has 0 amide bonds. The molecule has 0 spiro atoms. The fraction of sp³-hybridized carbons (Fsp3) is 0.647. The smallest absolute Gasteiger partial charge is 0.462 e. The Labute approximate surface area is 629 Å². The van der Waals surface area contributed by atoms with Crippen molar-refractivity contribution in [3.63, 3.8) is 0 Å². The number of unbranched alkanes of at least 4 members (excludes halogenated alkanes) is 21. The molecule has 0 fully saturated rings. The van der Waals surface area contributed by atoms with Crippen LogP contribution in [0.5, 0.6) is 0 Å². The van der Waals surface area contributed by atoms with Gasteiger partial charge in [-0.3, -0.25) is 37.3 Å². The fourth-order valence-electron chi connectivity index (χ4n) is 9.96. The van der Waals surface area contributed by atoms with Crippen molar-refractivity contribution in [2.24, 2.45) is 0 Å². The van der Waals surface area contributed by atoms with E-state index in [4.69, 9.17) is 37.0 Å². The van der Waals surface area contributed by atoms with Crippen molar-refractivity contribution >= 4 is 39.5 Å². The number of ether oxygens (including phenoxy) is 4. The Morgan fingerprint density at radius 2 is 0.529 bits per heavy atom. The summed E-state index contributed by atoms with van der Waals surface area (Å²) in [6, 6.07) is 0. The highest BCUT2D eigenvalue weighted by Crippen LogP contribution is 2.45. The molecule has 104 heavy (non-hydrogen) atoms. The van der Waals surface area contributed by atoms with Gasteiger partial charge in [-0.1, -0.05) is 269 Å². The average Bonchev–Trinajstić information content (AvgIpc) is 0.911. The first-order valence-corrected chi connectivity index (χ1v) is 42.7. The van der Waals surface area contributed by atoms with Gasteiger partial charge in [0.15, 0.2) is 12.2 Å². The molecule has 5 atom stereocenters. The van der Waals surface area contributed by atoms with Crippen molar-refractivity contribution in [2.75, 3.05) is 39.6 Å². The van der Waals surface area contributed by atoms with Gasteiger partial charge < -0.3 is 33.8 Å². The van der Waals surface area contributed by atoms with Crippen molar-refractivity contribution in [3.8, 4) is 0 Å². The van der Waals surface area contributed by atoms with E-state index in [1.165, 1.54) is 38.5 Å². The summed E-state index contributed by atoms with van der Waals surface area (Å²) < 4.78 is 68.5. The second kappa shape index (κ2) is 75.9. The third-order valence-corrected chi connectivity index (χ3v) is 17.8. The van der Waals surface area contributed by atoms with Crippen LogP contribution in [-0.4, -0.2) is 96.7 Å². The minimum Gasteiger partial charge on any atom is -0.462 e. The molecule has 5 unspecified atom stereocenters. The first-order valence-electron chi connectivity index (χ1n) is 39.7. The van der Waals surface area contributed by atoms with Crippen LogP contribution in [0.4, 0.5) is 0 Å². The number of carbonyl (C=O) groups is 4. The normalized spacial score (nSPS) is 14.7. The standard InChI is InChI=1S/C85H140O17P2/c1-5-9-13-17-21-25-29-33-36-38-39-41-43-47-50-54-58-62-66-70-83(88)96-76-81(102-85(90)72-68-64-60-56-52-48-44-40-37-34-30-26-22-18-14-10-6-2)78-100-104(93,94)98-74-79(86)73-97-103(91,92)99-77-80(101-84(89)71-67-63-59-55-51-45-32-28-24-20-16-12-8-4)75-95-82(87)69-65-61-57-53-49-46-42-35-31-27-23-19-15-11-7-3/h9-10,13-14,16,20-22,25-26,28,32-37,39,41-42,44,47-48,50,56,60,79-81,86H,5-8,11-12,15,17-19,23-24,27,29-31,38,40,43,45-46,49,51-55,57-59,61-78H2,1-4H3,(H,91,92)(H,93,94)/b13-9-,14-10-,20-16-,25-21-,26-22-,32-28-,36-33-,37-34-,41-39-,42-35-,48-44-,50-47-,60-56-. The van der Waals surface area contributed by atoms with Gasteiger partial charge in [0.2, 0.25) is 0 Å². The van der Waals surface area contributed by atoms with Crippen LogP contribution in [0, 0.1) is 0 Å². The van der Waals surface area contributed by atoms with Gasteiger partial charge in [0.05, 0.1) is 26.4 Å². The van der Waals surface area contributed by atoms with E-state index in [0.29, 0.717) is 32.1 Å². The van der Waals surface area contributed by atoms with E-state index in [1.54, 1.807) is 0 Å². The number of esters is 4. The van der Waals surface area contributed by atoms with Gasteiger partial charge in [0.1, 0.15) is 19.3 Å². The van der Waals surface area contributed by atoms with Gasteiger partial charge in [-0.25, -0.2) is 9.13 Å². The Kier molecular flexibility index (Phi) is 72.0. The molecule has 0 aromatic rings. The molecule has 0 bridgehead atoms. The lowest BCUT2D eigenvalue weighted by Gasteiger charge is -2.21. The molecular formula is C85H140O17P2. The van der Waals surface area contributed by atoms with E-state index in [1.807, 2.05) is 12.2 Å². The van der Waals surface area contributed by atoms with E-state index in [9.17, 15) is 43.2 Å². The maximum atomic E-state index is 13.1. The minimum absolute atomic E-state index is 0.00300. The molecule has 0 aromatic heterocycles. The molecule has 592 valence electrons. The monoisotopic (exact) mass is 1490 g/mol. The summed E-state index contributed by atoms with van der Waals surface area (Å²) in [7, 11) is -10.0. The molecule has 0 rings (SSSR count). The third-order valence-electron chi connectivity index (χ3n) is 15.9. The Hall–Kier alpha value is -5.32. The molecule has 0 aliphatic rings. The average molecular weight is 1500 g/mol. The fourth-order valence-corrected chi connectivity index (χ4v) is 11.5. The lowest BCUT2D eigenvalue weighted by Crippen LogP contribution is -2.30. The Morgan fingerprint density at radius 1 is 0.279 bits per heavy atom. The van der Waals surface area contributed by atoms with Crippen molar-refractivity contribution in [2.45, 2.75) is 316 Å². The van der Waals surface area contributed by atoms with E-state index < -0.39 is 97.5 Å². The van der Waals surface area contributed by atoms with E-state index in [2.05, 4.69) is 174 Å². The van der Waals surface area contributed by atoms with Gasteiger partial charge in [-0.2, -0.15) is 0 Å². The van der Waals surface area contributed by atoms with Gasteiger partial charge in [0.25, 0.3) is 0 Å². The number of allylic oxidation sites excluding steroid dienone is 26. The minimum atomic E-state index is -5.01. The van der Waals surface area contributed by atoms with Crippen molar-refractivity contribution in [1.29, 1.82) is 0 Å². The van der Waals surface area contributed by atoms with E-state index in [-0.39, 0.29) is 25.7 Å². The molecular weight excluding hydrogens is 1350 g/mol. The molecule has 0 saturated heterocycles. The zero-order chi connectivity index (χ0) is 76.0. The Bertz CT molecular complexity index is 2590. The van der Waals surface area contributed by atoms with Crippen molar-refractivity contribution < 1.29 is 80.2 Å². The maximum Gasteiger partial charge on any atom is 0.472 e. The maximum absolute atomic E-state index is 13.1. The zero-order valence-electron chi connectivity index (χ0n) is 64.6. The molecule has 0 heterocycles. The lowest BCUT2D eigenvalue weighted by molar-refractivity contribution is -0.161. The molecule has 0 aromatic carbocycles. The predicted octanol–water partition coefficient (Wildman–Crippen LogP) is 23.2. The number of rotatable bonds is 73. The number of phosphoric acid groups is 2. The second-order valence-electron chi connectivity index (χ2n) is 25.9. The quantitative estimate of drug-likeness (QED) is 0.0169. The SMILES string of the molecule is CC/C=C\C/C=C\C/C=C\C/C=C\C/C=C\CCCCCC(=O)OCC(COP(=O)(O)OCC(O)COP(=O)(O)OCC(COC(=O)CCCCCCC/C=C\CCCCCCCC)OC(=O)CCCCCCC/C=C\C/C=C\CCC)OC(=O)CCC/C=C\C/C=C\C/C=C\C/C=C\C/C=C\CC. The number of phosphoric ester groups is 2. The van der Waals surface area contributed by atoms with Crippen LogP contribution in [-0.2, 0) is 65.4 Å². The van der Waals surface area contributed by atoms with Crippen LogP contribution >= 0.6 is 15.6 Å². The second-order valence-corrected chi connectivity index (χ2v) is 28.8. The third kappa shape index (κ3) is 74.9. The van der Waals surface area contributed by atoms with Gasteiger partial charge in [-0.15, -0.1) is 0 Å². The lowest BCUT2D eigenvalue weighted by atomic mass is 10.1. The summed E-state index contributed by atoms with van der Waals surface area (Å²) in [5.41, 5.74) is 0. The van der Waals surface area contributed by atoms with Crippen LogP contribution in [0.3, 0.4) is 0 Å². The summed E-state index contributed by atoms with van der Waals surface area (Å²) in [5.74, 6) is -2.31. The number of aliphatic hydroxyl groups excluding tert-OH is 1. The summed E-state index contributed by atoms with van der Waals surface area (Å²) >= 11 is 0. The number of aliphatic hydroxyl groups is 1. The van der Waals surface area contributed by atoms with Crippen LogP contribution in [0.1, 0.15) is 297 Å². The highest BCUT2D eigenvalue weighted by molar-refractivity contribution is 7.47. The number of carbonyl (C=O) groups excluding carboxylic acids is 4. The highest BCUT2D eigenvalue weighted by atomic mass is 31.2. The van der Waals surface area contributed by atoms with Crippen LogP contribution in [0.25, 0.3) is 0 Å². The van der Waals surface area contributed by atoms with E-state index in [0.717, 1.165) is 173 Å². The summed E-state index contributed by atoms with van der Waals surface area (Å²) in [6.45, 7) is 4.44.